The van der Waals surface area contributed by atoms with Gasteiger partial charge in [0.05, 0.1) is 16.1 Å². The first-order valence-corrected chi connectivity index (χ1v) is 11.7. The number of nitrogens with zero attached hydrogens (tertiary/aromatic N) is 1. The maximum Gasteiger partial charge on any atom is 0.416 e. The minimum atomic E-state index is -4.46. The summed E-state index contributed by atoms with van der Waals surface area (Å²) < 4.78 is 54.4. The lowest BCUT2D eigenvalue weighted by molar-refractivity contribution is -0.137. The van der Waals surface area contributed by atoms with Crippen molar-refractivity contribution >= 4 is 23.2 Å². The van der Waals surface area contributed by atoms with E-state index in [1.807, 2.05) is 24.3 Å². The van der Waals surface area contributed by atoms with Gasteiger partial charge in [-0.05, 0) is 60.1 Å². The number of anilines is 1. The van der Waals surface area contributed by atoms with Gasteiger partial charge in [0.2, 0.25) is 0 Å². The van der Waals surface area contributed by atoms with Crippen LogP contribution in [-0.4, -0.2) is 24.4 Å². The standard InChI is InChI=1S/C27H25ClF4N2O/c1-33-23-12-11-22(28)25(29)24(23)26(35)34(16-18-5-7-19(8-6-18)20-9-10-20)14-13-17-3-2-4-21(15-17)27(30,31)32/h2-8,11-12,15,20,33H,9-10,13-14,16H2,1H3. The van der Waals surface area contributed by atoms with Crippen molar-refractivity contribution in [3.8, 4) is 0 Å². The Labute approximate surface area is 206 Å². The van der Waals surface area contributed by atoms with Crippen LogP contribution in [0.5, 0.6) is 0 Å². The number of halogens is 5. The molecule has 0 saturated heterocycles. The molecule has 0 radical (unpaired) electrons. The molecule has 0 atom stereocenters. The van der Waals surface area contributed by atoms with E-state index in [0.29, 0.717) is 11.5 Å². The molecule has 184 valence electrons. The summed E-state index contributed by atoms with van der Waals surface area (Å²) in [6, 6.07) is 15.8. The Bertz CT molecular complexity index is 1210. The number of amides is 1. The molecule has 0 unspecified atom stereocenters. The minimum Gasteiger partial charge on any atom is -0.387 e. The highest BCUT2D eigenvalue weighted by molar-refractivity contribution is 6.31. The Kier molecular flexibility index (Phi) is 7.36. The number of hydrogen-bond donors (Lipinski definition) is 1. The molecule has 3 aromatic rings. The van der Waals surface area contributed by atoms with E-state index < -0.39 is 23.5 Å². The fourth-order valence-electron chi connectivity index (χ4n) is 4.08. The molecule has 3 aromatic carbocycles. The molecule has 0 spiro atoms. The number of rotatable bonds is 8. The maximum atomic E-state index is 15.0. The summed E-state index contributed by atoms with van der Waals surface area (Å²) in [5.41, 5.74) is 1.86. The Hall–Kier alpha value is -3.06. The molecule has 1 saturated carbocycles. The predicted octanol–water partition coefficient (Wildman–Crippen LogP) is 7.30. The summed E-state index contributed by atoms with van der Waals surface area (Å²) in [7, 11) is 1.57. The van der Waals surface area contributed by atoms with Crippen molar-refractivity contribution in [1.29, 1.82) is 0 Å². The zero-order chi connectivity index (χ0) is 25.2. The summed E-state index contributed by atoms with van der Waals surface area (Å²) in [6.45, 7) is 0.275. The molecule has 1 amide bonds. The lowest BCUT2D eigenvalue weighted by Gasteiger charge is -2.25. The Morgan fingerprint density at radius 3 is 2.40 bits per heavy atom. The van der Waals surface area contributed by atoms with Crippen LogP contribution in [0.15, 0.2) is 60.7 Å². The van der Waals surface area contributed by atoms with Gasteiger partial charge in [-0.15, -0.1) is 0 Å². The Balaban J connectivity index is 1.62. The number of benzene rings is 3. The molecule has 1 aliphatic carbocycles. The largest absolute Gasteiger partial charge is 0.416 e. The molecule has 35 heavy (non-hydrogen) atoms. The first-order chi connectivity index (χ1) is 16.7. The van der Waals surface area contributed by atoms with Gasteiger partial charge in [0, 0.05) is 25.8 Å². The first-order valence-electron chi connectivity index (χ1n) is 11.4. The lowest BCUT2D eigenvalue weighted by Crippen LogP contribution is -2.33. The average Bonchev–Trinajstić information content (AvgIpc) is 3.68. The van der Waals surface area contributed by atoms with Crippen molar-refractivity contribution < 1.29 is 22.4 Å². The molecule has 0 aliphatic heterocycles. The second-order valence-electron chi connectivity index (χ2n) is 8.72. The smallest absolute Gasteiger partial charge is 0.387 e. The van der Waals surface area contributed by atoms with Crippen LogP contribution in [0.25, 0.3) is 0 Å². The Morgan fingerprint density at radius 2 is 1.77 bits per heavy atom. The van der Waals surface area contributed by atoms with Crippen molar-refractivity contribution in [3.63, 3.8) is 0 Å². The highest BCUT2D eigenvalue weighted by atomic mass is 35.5. The number of hydrogen-bond acceptors (Lipinski definition) is 2. The van der Waals surface area contributed by atoms with Gasteiger partial charge in [-0.3, -0.25) is 4.79 Å². The van der Waals surface area contributed by atoms with Gasteiger partial charge in [0.15, 0.2) is 5.82 Å². The third-order valence-corrected chi connectivity index (χ3v) is 6.48. The summed E-state index contributed by atoms with van der Waals surface area (Å²) >= 11 is 5.96. The van der Waals surface area contributed by atoms with E-state index >= 15 is 0 Å². The molecule has 0 heterocycles. The fraction of sp³-hybridized carbons (Fsp3) is 0.296. The average molecular weight is 505 g/mol. The molecule has 8 heteroatoms. The van der Waals surface area contributed by atoms with Gasteiger partial charge in [-0.1, -0.05) is 54.1 Å². The third-order valence-electron chi connectivity index (χ3n) is 6.19. The van der Waals surface area contributed by atoms with Crippen LogP contribution in [0.1, 0.15) is 51.4 Å². The first kappa shape index (κ1) is 25.0. The minimum absolute atomic E-state index is 0.0969. The SMILES string of the molecule is CNc1ccc(Cl)c(F)c1C(=O)N(CCc1cccc(C(F)(F)F)c1)Cc1ccc(C2CC2)cc1. The van der Waals surface area contributed by atoms with Crippen molar-refractivity contribution in [2.24, 2.45) is 0 Å². The maximum absolute atomic E-state index is 15.0. The normalized spacial score (nSPS) is 13.5. The summed E-state index contributed by atoms with van der Waals surface area (Å²) in [5.74, 6) is -0.842. The topological polar surface area (TPSA) is 32.3 Å². The van der Waals surface area contributed by atoms with E-state index in [-0.39, 0.29) is 35.8 Å². The van der Waals surface area contributed by atoms with Crippen molar-refractivity contribution in [1.82, 2.24) is 4.90 Å². The van der Waals surface area contributed by atoms with E-state index in [0.717, 1.165) is 17.7 Å². The van der Waals surface area contributed by atoms with Crippen LogP contribution >= 0.6 is 11.6 Å². The number of carbonyl (C=O) groups excluding carboxylic acids is 1. The van der Waals surface area contributed by atoms with Crippen molar-refractivity contribution in [2.45, 2.75) is 37.9 Å². The van der Waals surface area contributed by atoms with Gasteiger partial charge in [0.25, 0.3) is 5.91 Å². The molecule has 1 fully saturated rings. The van der Waals surface area contributed by atoms with E-state index in [1.165, 1.54) is 41.5 Å². The molecule has 3 nitrogen and oxygen atoms in total. The van der Waals surface area contributed by atoms with E-state index in [9.17, 15) is 22.4 Å². The molecular weight excluding hydrogens is 480 g/mol. The number of carbonyl (C=O) groups is 1. The van der Waals surface area contributed by atoms with Gasteiger partial charge in [-0.25, -0.2) is 4.39 Å². The highest BCUT2D eigenvalue weighted by Gasteiger charge is 2.30. The van der Waals surface area contributed by atoms with Crippen LogP contribution in [0.3, 0.4) is 0 Å². The van der Waals surface area contributed by atoms with Gasteiger partial charge < -0.3 is 10.2 Å². The van der Waals surface area contributed by atoms with Crippen molar-refractivity contribution in [3.05, 3.63) is 99.3 Å². The lowest BCUT2D eigenvalue weighted by atomic mass is 10.0. The van der Waals surface area contributed by atoms with Gasteiger partial charge in [0.1, 0.15) is 0 Å². The van der Waals surface area contributed by atoms with Gasteiger partial charge in [-0.2, -0.15) is 13.2 Å². The quantitative estimate of drug-likeness (QED) is 0.326. The van der Waals surface area contributed by atoms with Crippen LogP contribution in [0.4, 0.5) is 23.2 Å². The van der Waals surface area contributed by atoms with Gasteiger partial charge >= 0.3 is 6.18 Å². The molecule has 4 rings (SSSR count). The van der Waals surface area contributed by atoms with Crippen LogP contribution in [0, 0.1) is 5.82 Å². The fourth-order valence-corrected chi connectivity index (χ4v) is 4.24. The van der Waals surface area contributed by atoms with E-state index in [1.54, 1.807) is 13.1 Å². The van der Waals surface area contributed by atoms with Crippen LogP contribution in [-0.2, 0) is 19.1 Å². The van der Waals surface area contributed by atoms with Crippen LogP contribution < -0.4 is 5.32 Å². The summed E-state index contributed by atoms with van der Waals surface area (Å²) in [5, 5.41) is 2.64. The summed E-state index contributed by atoms with van der Waals surface area (Å²) in [6.07, 6.45) is -1.95. The molecular formula is C27H25ClF4N2O. The second-order valence-corrected chi connectivity index (χ2v) is 9.13. The molecule has 1 N–H and O–H groups in total. The monoisotopic (exact) mass is 504 g/mol. The zero-order valence-electron chi connectivity index (χ0n) is 19.1. The highest BCUT2D eigenvalue weighted by Crippen LogP contribution is 2.40. The van der Waals surface area contributed by atoms with Crippen LogP contribution in [0.2, 0.25) is 5.02 Å². The molecule has 0 bridgehead atoms. The van der Waals surface area contributed by atoms with E-state index in [2.05, 4.69) is 5.32 Å². The number of nitrogens with one attached hydrogen (secondary N) is 1. The van der Waals surface area contributed by atoms with E-state index in [4.69, 9.17) is 11.6 Å². The summed E-state index contributed by atoms with van der Waals surface area (Å²) in [4.78, 5) is 15.0. The molecule has 1 aliphatic rings. The third kappa shape index (κ3) is 5.96. The number of alkyl halides is 3. The van der Waals surface area contributed by atoms with Crippen molar-refractivity contribution in [2.75, 3.05) is 18.9 Å². The second kappa shape index (κ2) is 10.3. The predicted molar refractivity (Wildman–Crippen MR) is 129 cm³/mol. The zero-order valence-corrected chi connectivity index (χ0v) is 19.9. The molecule has 0 aromatic heterocycles. The Morgan fingerprint density at radius 1 is 1.06 bits per heavy atom.